The number of rotatable bonds is 3. The van der Waals surface area contributed by atoms with Crippen molar-refractivity contribution < 1.29 is 0 Å². The molecule has 3 nitrogen and oxygen atoms in total. The molecular weight excluding hydrogens is 202 g/mol. The van der Waals surface area contributed by atoms with Crippen LogP contribution in [-0.2, 0) is 0 Å². The molecule has 0 amide bonds. The third kappa shape index (κ3) is 2.73. The normalized spacial score (nSPS) is 33.8. The molecule has 0 aromatic heterocycles. The molecule has 0 unspecified atom stereocenters. The van der Waals surface area contributed by atoms with Crippen LogP contribution in [-0.4, -0.2) is 21.6 Å². The van der Waals surface area contributed by atoms with E-state index in [0.717, 1.165) is 18.6 Å². The molecule has 0 N–H and O–H groups in total. The number of azide groups is 1. The average molecular weight is 217 g/mol. The van der Waals surface area contributed by atoms with Gasteiger partial charge in [-0.25, -0.2) is 0 Å². The first-order chi connectivity index (χ1) is 6.23. The minimum absolute atomic E-state index is 0.215. The number of hydrogen-bond donors (Lipinski definition) is 0. The van der Waals surface area contributed by atoms with Crippen LogP contribution in [0.2, 0.25) is 0 Å². The molecule has 0 aliphatic carbocycles. The van der Waals surface area contributed by atoms with Crippen LogP contribution in [0.4, 0.5) is 0 Å². The fourth-order valence-corrected chi connectivity index (χ4v) is 4.46. The van der Waals surface area contributed by atoms with Crippen LogP contribution >= 0.6 is 23.5 Å². The molecule has 5 heteroatoms. The van der Waals surface area contributed by atoms with Crippen molar-refractivity contribution in [1.29, 1.82) is 0 Å². The van der Waals surface area contributed by atoms with Gasteiger partial charge in [-0.2, -0.15) is 11.8 Å². The third-order valence-electron chi connectivity index (χ3n) is 2.19. The van der Waals surface area contributed by atoms with E-state index in [4.69, 9.17) is 5.53 Å². The Morgan fingerprint density at radius 1 is 1.62 bits per heavy atom. The second kappa shape index (κ2) is 5.03. The zero-order valence-electron chi connectivity index (χ0n) is 8.06. The Morgan fingerprint density at radius 3 is 3.00 bits per heavy atom. The van der Waals surface area contributed by atoms with E-state index < -0.39 is 0 Å². The summed E-state index contributed by atoms with van der Waals surface area (Å²) in [7, 11) is 0. The van der Waals surface area contributed by atoms with Crippen LogP contribution in [0.5, 0.6) is 0 Å². The van der Waals surface area contributed by atoms with Gasteiger partial charge in [0.05, 0.1) is 0 Å². The van der Waals surface area contributed by atoms with Crippen molar-refractivity contribution in [3.8, 4) is 0 Å². The number of thioether (sulfide) groups is 2. The van der Waals surface area contributed by atoms with Crippen LogP contribution in [0, 0.1) is 0 Å². The minimum atomic E-state index is -0.215. The van der Waals surface area contributed by atoms with E-state index in [9.17, 15) is 0 Å². The van der Waals surface area contributed by atoms with Crippen LogP contribution in [0.1, 0.15) is 26.7 Å². The summed E-state index contributed by atoms with van der Waals surface area (Å²) in [5.74, 6) is 2.28. The van der Waals surface area contributed by atoms with Gasteiger partial charge in [0, 0.05) is 21.7 Å². The molecule has 1 fully saturated rings. The lowest BCUT2D eigenvalue weighted by Gasteiger charge is -2.36. The molecule has 2 atom stereocenters. The highest BCUT2D eigenvalue weighted by molar-refractivity contribution is 8.07. The summed E-state index contributed by atoms with van der Waals surface area (Å²) in [6, 6.07) is 0. The average Bonchev–Trinajstić information content (AvgIpc) is 2.10. The predicted octanol–water partition coefficient (Wildman–Crippen LogP) is 3.66. The van der Waals surface area contributed by atoms with Crippen molar-refractivity contribution in [2.24, 2.45) is 5.11 Å². The van der Waals surface area contributed by atoms with Crippen molar-refractivity contribution in [3.05, 3.63) is 10.4 Å². The molecule has 0 bridgehead atoms. The van der Waals surface area contributed by atoms with Crippen LogP contribution in [0.3, 0.4) is 0 Å². The summed E-state index contributed by atoms with van der Waals surface area (Å²) in [5, 5.41) is 4.43. The Hall–Kier alpha value is 0.01000. The van der Waals surface area contributed by atoms with Gasteiger partial charge < -0.3 is 0 Å². The van der Waals surface area contributed by atoms with E-state index in [1.54, 1.807) is 11.8 Å². The van der Waals surface area contributed by atoms with E-state index >= 15 is 0 Å². The van der Waals surface area contributed by atoms with Gasteiger partial charge in [-0.05, 0) is 18.9 Å². The van der Waals surface area contributed by atoms with Crippen molar-refractivity contribution in [3.63, 3.8) is 0 Å². The zero-order valence-corrected chi connectivity index (χ0v) is 9.70. The monoisotopic (exact) mass is 217 g/mol. The van der Waals surface area contributed by atoms with Crippen molar-refractivity contribution in [1.82, 2.24) is 0 Å². The van der Waals surface area contributed by atoms with E-state index in [-0.39, 0.29) is 4.87 Å². The molecule has 1 rings (SSSR count). The Kier molecular flexibility index (Phi) is 4.29. The Morgan fingerprint density at radius 2 is 2.38 bits per heavy atom. The summed E-state index contributed by atoms with van der Waals surface area (Å²) in [6.07, 6.45) is 2.31. The minimum Gasteiger partial charge on any atom is -0.156 e. The summed E-state index contributed by atoms with van der Waals surface area (Å²) in [5.41, 5.74) is 8.51. The summed E-state index contributed by atoms with van der Waals surface area (Å²) in [6.45, 7) is 4.24. The molecule has 0 aromatic carbocycles. The number of hydrogen-bond acceptors (Lipinski definition) is 3. The summed E-state index contributed by atoms with van der Waals surface area (Å²) in [4.78, 5) is 2.74. The van der Waals surface area contributed by atoms with E-state index in [2.05, 4.69) is 23.9 Å². The SMILES string of the molecule is CCC[C@H]1SCCS[C@]1(C)N=[N+]=[N-]. The quantitative estimate of drug-likeness (QED) is 0.411. The van der Waals surface area contributed by atoms with Crippen LogP contribution in [0.25, 0.3) is 10.4 Å². The number of nitrogens with zero attached hydrogens (tertiary/aromatic N) is 3. The standard InChI is InChI=1S/C8H15N3S2/c1-3-4-7-8(2,10-11-9)13-6-5-12-7/h7H,3-6H2,1-2H3/t7-,8+/m1/s1. The first-order valence-corrected chi connectivity index (χ1v) is 6.58. The lowest BCUT2D eigenvalue weighted by Crippen LogP contribution is -2.35. The molecule has 0 saturated carbocycles. The van der Waals surface area contributed by atoms with E-state index in [1.807, 2.05) is 11.8 Å². The van der Waals surface area contributed by atoms with Gasteiger partial charge >= 0.3 is 0 Å². The molecule has 0 radical (unpaired) electrons. The molecule has 0 aromatic rings. The Labute approximate surface area is 87.7 Å². The Balaban J connectivity index is 2.70. The highest BCUT2D eigenvalue weighted by Gasteiger charge is 2.36. The van der Waals surface area contributed by atoms with Gasteiger partial charge in [0.15, 0.2) is 0 Å². The fraction of sp³-hybridized carbons (Fsp3) is 1.00. The smallest absolute Gasteiger partial charge is 0.103 e. The first kappa shape index (κ1) is 11.1. The third-order valence-corrected chi connectivity index (χ3v) is 5.49. The molecule has 1 aliphatic heterocycles. The maximum atomic E-state index is 8.51. The fourth-order valence-electron chi connectivity index (χ4n) is 1.48. The van der Waals surface area contributed by atoms with Gasteiger partial charge in [-0.1, -0.05) is 18.5 Å². The van der Waals surface area contributed by atoms with Crippen molar-refractivity contribution >= 4 is 23.5 Å². The highest BCUT2D eigenvalue weighted by atomic mass is 32.2. The molecular formula is C8H15N3S2. The molecule has 13 heavy (non-hydrogen) atoms. The van der Waals surface area contributed by atoms with Crippen LogP contribution in [0.15, 0.2) is 5.11 Å². The summed E-state index contributed by atoms with van der Waals surface area (Å²) < 4.78 is 0. The lowest BCUT2D eigenvalue weighted by atomic mass is 10.1. The zero-order chi connectivity index (χ0) is 9.73. The predicted molar refractivity (Wildman–Crippen MR) is 61.2 cm³/mol. The van der Waals surface area contributed by atoms with Gasteiger partial charge in [0.1, 0.15) is 4.87 Å². The second-order valence-electron chi connectivity index (χ2n) is 3.24. The lowest BCUT2D eigenvalue weighted by molar-refractivity contribution is 0.583. The molecule has 74 valence electrons. The van der Waals surface area contributed by atoms with Gasteiger partial charge in [0.25, 0.3) is 0 Å². The van der Waals surface area contributed by atoms with Crippen LogP contribution < -0.4 is 0 Å². The van der Waals surface area contributed by atoms with Gasteiger partial charge in [0.2, 0.25) is 0 Å². The first-order valence-electron chi connectivity index (χ1n) is 4.54. The topological polar surface area (TPSA) is 48.8 Å². The van der Waals surface area contributed by atoms with Gasteiger partial charge in [-0.15, -0.1) is 11.8 Å². The second-order valence-corrected chi connectivity index (χ2v) is 6.07. The highest BCUT2D eigenvalue weighted by Crippen LogP contribution is 2.43. The maximum absolute atomic E-state index is 8.51. The van der Waals surface area contributed by atoms with E-state index in [0.29, 0.717) is 5.25 Å². The molecule has 1 saturated heterocycles. The van der Waals surface area contributed by atoms with Crippen molar-refractivity contribution in [2.45, 2.75) is 36.8 Å². The Bertz CT molecular complexity index is 213. The molecule has 1 aliphatic rings. The van der Waals surface area contributed by atoms with E-state index in [1.165, 1.54) is 5.75 Å². The van der Waals surface area contributed by atoms with Gasteiger partial charge in [-0.3, -0.25) is 0 Å². The van der Waals surface area contributed by atoms with Crippen molar-refractivity contribution in [2.75, 3.05) is 11.5 Å². The molecule has 1 heterocycles. The molecule has 0 spiro atoms. The largest absolute Gasteiger partial charge is 0.156 e. The maximum Gasteiger partial charge on any atom is 0.103 e. The summed E-state index contributed by atoms with van der Waals surface area (Å²) >= 11 is 3.75.